The lowest BCUT2D eigenvalue weighted by atomic mass is 9.79. The van der Waals surface area contributed by atoms with Crippen molar-refractivity contribution in [2.24, 2.45) is 11.8 Å². The molecule has 0 aliphatic heterocycles. The van der Waals surface area contributed by atoms with Crippen molar-refractivity contribution in [1.29, 1.82) is 0 Å². The molecular formula is C15H21ClN2O2. The molecule has 2 rings (SSSR count). The average molecular weight is 297 g/mol. The third-order valence-corrected chi connectivity index (χ3v) is 4.32. The lowest BCUT2D eigenvalue weighted by molar-refractivity contribution is 0.0910. The number of nitrogens with one attached hydrogen (secondary N) is 1. The van der Waals surface area contributed by atoms with Crippen LogP contribution in [0.3, 0.4) is 0 Å². The Morgan fingerprint density at radius 1 is 1.35 bits per heavy atom. The summed E-state index contributed by atoms with van der Waals surface area (Å²) >= 11 is 5.82. The van der Waals surface area contributed by atoms with Gasteiger partial charge in [0.15, 0.2) is 0 Å². The number of hydrogen-bond acceptors (Lipinski definition) is 3. The predicted molar refractivity (Wildman–Crippen MR) is 80.7 cm³/mol. The van der Waals surface area contributed by atoms with Gasteiger partial charge in [-0.2, -0.15) is 0 Å². The third-order valence-electron chi connectivity index (χ3n) is 4.08. The van der Waals surface area contributed by atoms with Crippen LogP contribution in [0.4, 0.5) is 5.69 Å². The molecule has 1 aliphatic carbocycles. The number of anilines is 1. The van der Waals surface area contributed by atoms with E-state index in [4.69, 9.17) is 17.3 Å². The first kappa shape index (κ1) is 15.1. The summed E-state index contributed by atoms with van der Waals surface area (Å²) in [5.41, 5.74) is 6.64. The highest BCUT2D eigenvalue weighted by Gasteiger charge is 2.25. The summed E-state index contributed by atoms with van der Waals surface area (Å²) in [5, 5.41) is 12.8. The molecule has 0 radical (unpaired) electrons. The van der Waals surface area contributed by atoms with Gasteiger partial charge in [0.2, 0.25) is 0 Å². The molecule has 0 bridgehead atoms. The van der Waals surface area contributed by atoms with E-state index in [1.165, 1.54) is 12.8 Å². The van der Waals surface area contributed by atoms with Crippen molar-refractivity contribution in [2.45, 2.75) is 25.7 Å². The zero-order valence-electron chi connectivity index (χ0n) is 11.4. The van der Waals surface area contributed by atoms with E-state index in [0.29, 0.717) is 34.7 Å². The Morgan fingerprint density at radius 3 is 2.70 bits per heavy atom. The van der Waals surface area contributed by atoms with E-state index < -0.39 is 0 Å². The van der Waals surface area contributed by atoms with Crippen LogP contribution < -0.4 is 11.1 Å². The minimum atomic E-state index is -0.179. The van der Waals surface area contributed by atoms with Crippen molar-refractivity contribution >= 4 is 23.2 Å². The molecule has 5 heteroatoms. The van der Waals surface area contributed by atoms with E-state index >= 15 is 0 Å². The lowest BCUT2D eigenvalue weighted by Gasteiger charge is -2.30. The fourth-order valence-electron chi connectivity index (χ4n) is 2.85. The standard InChI is InChI=1S/C15H21ClN2O2/c16-12-5-6-13(14(17)7-12)15(20)18-8-10-3-1-2-4-11(10)9-19/h5-7,10-11,19H,1-4,8-9,17H2,(H,18,20). The summed E-state index contributed by atoms with van der Waals surface area (Å²) in [6.07, 6.45) is 4.43. The Hall–Kier alpha value is -1.26. The molecular weight excluding hydrogens is 276 g/mol. The number of hydrogen-bond donors (Lipinski definition) is 3. The van der Waals surface area contributed by atoms with Crippen molar-refractivity contribution < 1.29 is 9.90 Å². The van der Waals surface area contributed by atoms with Crippen LogP contribution >= 0.6 is 11.6 Å². The molecule has 1 aromatic carbocycles. The molecule has 1 aliphatic rings. The largest absolute Gasteiger partial charge is 0.398 e. The number of carbonyl (C=O) groups is 1. The molecule has 1 saturated carbocycles. The van der Waals surface area contributed by atoms with Gasteiger partial charge in [0, 0.05) is 23.9 Å². The zero-order chi connectivity index (χ0) is 14.5. The van der Waals surface area contributed by atoms with Crippen LogP contribution in [0, 0.1) is 11.8 Å². The van der Waals surface area contributed by atoms with Gasteiger partial charge in [0.1, 0.15) is 0 Å². The smallest absolute Gasteiger partial charge is 0.253 e. The summed E-state index contributed by atoms with van der Waals surface area (Å²) in [7, 11) is 0. The Morgan fingerprint density at radius 2 is 2.05 bits per heavy atom. The number of carbonyl (C=O) groups excluding carboxylic acids is 1. The van der Waals surface area contributed by atoms with Crippen LogP contribution in [0.15, 0.2) is 18.2 Å². The summed E-state index contributed by atoms with van der Waals surface area (Å²) < 4.78 is 0. The van der Waals surface area contributed by atoms with Crippen LogP contribution in [0.25, 0.3) is 0 Å². The van der Waals surface area contributed by atoms with Crippen molar-refractivity contribution in [1.82, 2.24) is 5.32 Å². The van der Waals surface area contributed by atoms with Crippen LogP contribution in [0.2, 0.25) is 5.02 Å². The first-order valence-corrected chi connectivity index (χ1v) is 7.43. The molecule has 1 fully saturated rings. The quantitative estimate of drug-likeness (QED) is 0.747. The predicted octanol–water partition coefficient (Wildman–Crippen LogP) is 2.45. The summed E-state index contributed by atoms with van der Waals surface area (Å²) in [6.45, 7) is 0.787. The third kappa shape index (κ3) is 3.64. The van der Waals surface area contributed by atoms with Gasteiger partial charge >= 0.3 is 0 Å². The van der Waals surface area contributed by atoms with Gasteiger partial charge in [-0.15, -0.1) is 0 Å². The van der Waals surface area contributed by atoms with E-state index in [0.717, 1.165) is 12.8 Å². The van der Waals surface area contributed by atoms with Crippen molar-refractivity contribution in [2.75, 3.05) is 18.9 Å². The Kier molecular flexibility index (Phi) is 5.26. The number of nitrogens with two attached hydrogens (primary N) is 1. The molecule has 0 spiro atoms. The molecule has 0 aromatic heterocycles. The maximum absolute atomic E-state index is 12.1. The Labute approximate surface area is 124 Å². The molecule has 4 N–H and O–H groups in total. The van der Waals surface area contributed by atoms with Gasteiger partial charge in [-0.25, -0.2) is 0 Å². The second-order valence-corrected chi connectivity index (χ2v) is 5.87. The van der Waals surface area contributed by atoms with E-state index in [9.17, 15) is 9.90 Å². The SMILES string of the molecule is Nc1cc(Cl)ccc1C(=O)NCC1CCCCC1CO. The lowest BCUT2D eigenvalue weighted by Crippen LogP contribution is -2.35. The molecule has 4 nitrogen and oxygen atoms in total. The van der Waals surface area contributed by atoms with Gasteiger partial charge in [-0.1, -0.05) is 24.4 Å². The molecule has 2 atom stereocenters. The molecule has 1 aromatic rings. The Balaban J connectivity index is 1.94. The minimum absolute atomic E-state index is 0.179. The number of nitrogen functional groups attached to an aromatic ring is 1. The van der Waals surface area contributed by atoms with Gasteiger partial charge in [-0.05, 0) is 42.9 Å². The molecule has 0 heterocycles. The van der Waals surface area contributed by atoms with Crippen LogP contribution in [0.1, 0.15) is 36.0 Å². The fourth-order valence-corrected chi connectivity index (χ4v) is 3.03. The Bertz CT molecular complexity index is 479. The first-order chi connectivity index (χ1) is 9.61. The molecule has 2 unspecified atom stereocenters. The monoisotopic (exact) mass is 296 g/mol. The van der Waals surface area contributed by atoms with Crippen LogP contribution in [-0.2, 0) is 0 Å². The molecule has 20 heavy (non-hydrogen) atoms. The number of aliphatic hydroxyl groups is 1. The average Bonchev–Trinajstić information content (AvgIpc) is 2.45. The normalized spacial score (nSPS) is 22.5. The van der Waals surface area contributed by atoms with E-state index in [1.54, 1.807) is 18.2 Å². The summed E-state index contributed by atoms with van der Waals surface area (Å²) in [5.74, 6) is 0.472. The summed E-state index contributed by atoms with van der Waals surface area (Å²) in [4.78, 5) is 12.1. The second kappa shape index (κ2) is 6.95. The van der Waals surface area contributed by atoms with Gasteiger partial charge in [-0.3, -0.25) is 4.79 Å². The van der Waals surface area contributed by atoms with Crippen molar-refractivity contribution in [3.8, 4) is 0 Å². The highest BCUT2D eigenvalue weighted by atomic mass is 35.5. The van der Waals surface area contributed by atoms with Crippen molar-refractivity contribution in [3.05, 3.63) is 28.8 Å². The first-order valence-electron chi connectivity index (χ1n) is 7.06. The van der Waals surface area contributed by atoms with E-state index in [1.807, 2.05) is 0 Å². The highest BCUT2D eigenvalue weighted by Crippen LogP contribution is 2.29. The van der Waals surface area contributed by atoms with E-state index in [-0.39, 0.29) is 12.5 Å². The number of halogens is 1. The minimum Gasteiger partial charge on any atom is -0.398 e. The summed E-state index contributed by atoms with van der Waals surface area (Å²) in [6, 6.07) is 4.87. The number of amides is 1. The highest BCUT2D eigenvalue weighted by molar-refractivity contribution is 6.31. The molecule has 110 valence electrons. The number of aliphatic hydroxyl groups excluding tert-OH is 1. The van der Waals surface area contributed by atoms with Gasteiger partial charge in [0.25, 0.3) is 5.91 Å². The van der Waals surface area contributed by atoms with Gasteiger partial charge in [0.05, 0.1) is 5.56 Å². The van der Waals surface area contributed by atoms with Crippen molar-refractivity contribution in [3.63, 3.8) is 0 Å². The topological polar surface area (TPSA) is 75.4 Å². The maximum atomic E-state index is 12.1. The zero-order valence-corrected chi connectivity index (χ0v) is 12.2. The van der Waals surface area contributed by atoms with Crippen LogP contribution in [0.5, 0.6) is 0 Å². The van der Waals surface area contributed by atoms with Gasteiger partial charge < -0.3 is 16.2 Å². The maximum Gasteiger partial charge on any atom is 0.253 e. The fraction of sp³-hybridized carbons (Fsp3) is 0.533. The molecule has 0 saturated heterocycles. The van der Waals surface area contributed by atoms with Crippen LogP contribution in [-0.4, -0.2) is 24.2 Å². The number of benzene rings is 1. The number of rotatable bonds is 4. The second-order valence-electron chi connectivity index (χ2n) is 5.43. The molecule has 1 amide bonds. The van der Waals surface area contributed by atoms with E-state index in [2.05, 4.69) is 5.32 Å².